The zero-order valence-electron chi connectivity index (χ0n) is 13.4. The molecular weight excluding hydrogens is 323 g/mol. The Bertz CT molecular complexity index is 691. The van der Waals surface area contributed by atoms with Gasteiger partial charge in [-0.15, -0.1) is 0 Å². The average molecular weight is 344 g/mol. The van der Waals surface area contributed by atoms with Crippen LogP contribution in [-0.4, -0.2) is 45.2 Å². The van der Waals surface area contributed by atoms with Crippen LogP contribution in [0.4, 0.5) is 4.39 Å². The second-order valence-corrected chi connectivity index (χ2v) is 7.77. The number of sulfonamides is 1. The number of rotatable bonds is 4. The number of nitrogens with zero attached hydrogens (tertiary/aromatic N) is 1. The normalized spacial score (nSPS) is 19.2. The molecule has 1 amide bonds. The summed E-state index contributed by atoms with van der Waals surface area (Å²) in [6, 6.07) is 3.80. The highest BCUT2D eigenvalue weighted by molar-refractivity contribution is 7.90. The van der Waals surface area contributed by atoms with E-state index in [0.717, 1.165) is 0 Å². The van der Waals surface area contributed by atoms with Crippen molar-refractivity contribution >= 4 is 15.9 Å². The van der Waals surface area contributed by atoms with Gasteiger partial charge in [-0.25, -0.2) is 17.5 Å². The van der Waals surface area contributed by atoms with Gasteiger partial charge in [0, 0.05) is 19.7 Å². The maximum absolute atomic E-state index is 13.9. The third-order valence-electron chi connectivity index (χ3n) is 3.82. The largest absolute Gasteiger partial charge is 0.490 e. The molecule has 1 aliphatic heterocycles. The standard InChI is InChI=1S/C15H21FN2O4S/c1-10(15(19)18(2)3)23(20,21)17-13-8-5-9-22-14-11(13)6-4-7-12(14)16/h4,6-7,10,13,17H,5,8-9H2,1-3H3/t10-,13-/m0/s1. The fraction of sp³-hybridized carbons (Fsp3) is 0.533. The van der Waals surface area contributed by atoms with Crippen molar-refractivity contribution in [1.82, 2.24) is 9.62 Å². The Kier molecular flexibility index (Phi) is 5.26. The third-order valence-corrected chi connectivity index (χ3v) is 5.56. The number of halogens is 1. The lowest BCUT2D eigenvalue weighted by molar-refractivity contribution is -0.127. The van der Waals surface area contributed by atoms with Gasteiger partial charge in [0.15, 0.2) is 16.8 Å². The Hall–Kier alpha value is -1.67. The van der Waals surface area contributed by atoms with Crippen molar-refractivity contribution in [3.05, 3.63) is 29.6 Å². The number of fused-ring (bicyclic) bond motifs is 1. The molecule has 23 heavy (non-hydrogen) atoms. The van der Waals surface area contributed by atoms with E-state index in [2.05, 4.69) is 4.72 Å². The van der Waals surface area contributed by atoms with Crippen molar-refractivity contribution in [2.75, 3.05) is 20.7 Å². The van der Waals surface area contributed by atoms with E-state index < -0.39 is 33.0 Å². The summed E-state index contributed by atoms with van der Waals surface area (Å²) in [5.74, 6) is -0.961. The van der Waals surface area contributed by atoms with Crippen LogP contribution in [-0.2, 0) is 14.8 Å². The third kappa shape index (κ3) is 3.81. The van der Waals surface area contributed by atoms with Crippen LogP contribution in [0.5, 0.6) is 5.75 Å². The van der Waals surface area contributed by atoms with Crippen LogP contribution in [0, 0.1) is 5.82 Å². The van der Waals surface area contributed by atoms with Crippen molar-refractivity contribution in [1.29, 1.82) is 0 Å². The number of carbonyl (C=O) groups is 1. The Morgan fingerprint density at radius 1 is 1.43 bits per heavy atom. The summed E-state index contributed by atoms with van der Waals surface area (Å²) >= 11 is 0. The van der Waals surface area contributed by atoms with Crippen molar-refractivity contribution in [2.45, 2.75) is 31.1 Å². The molecule has 2 rings (SSSR count). The molecule has 1 aromatic rings. The monoisotopic (exact) mass is 344 g/mol. The second kappa shape index (κ2) is 6.84. The molecule has 0 fully saturated rings. The number of ether oxygens (including phenoxy) is 1. The molecule has 1 aromatic carbocycles. The summed E-state index contributed by atoms with van der Waals surface area (Å²) in [5.41, 5.74) is 0.454. The molecule has 0 spiro atoms. The quantitative estimate of drug-likeness (QED) is 0.897. The van der Waals surface area contributed by atoms with Gasteiger partial charge in [-0.05, 0) is 25.8 Å². The van der Waals surface area contributed by atoms with E-state index in [1.165, 1.54) is 38.1 Å². The summed E-state index contributed by atoms with van der Waals surface area (Å²) in [5, 5.41) is -1.22. The molecule has 8 heteroatoms. The molecule has 0 radical (unpaired) electrons. The summed E-state index contributed by atoms with van der Waals surface area (Å²) < 4.78 is 46.7. The van der Waals surface area contributed by atoms with Gasteiger partial charge in [-0.3, -0.25) is 4.79 Å². The van der Waals surface area contributed by atoms with E-state index in [1.807, 2.05) is 0 Å². The molecule has 128 valence electrons. The van der Waals surface area contributed by atoms with E-state index >= 15 is 0 Å². The first-order chi connectivity index (χ1) is 10.7. The smallest absolute Gasteiger partial charge is 0.241 e. The molecule has 6 nitrogen and oxygen atoms in total. The average Bonchev–Trinajstić information content (AvgIpc) is 2.69. The van der Waals surface area contributed by atoms with Crippen LogP contribution in [0.2, 0.25) is 0 Å². The Labute approximate surface area is 135 Å². The van der Waals surface area contributed by atoms with Gasteiger partial charge in [0.2, 0.25) is 15.9 Å². The van der Waals surface area contributed by atoms with Crippen LogP contribution in [0.25, 0.3) is 0 Å². The molecule has 0 aromatic heterocycles. The SMILES string of the molecule is C[C@@H](C(=O)N(C)C)S(=O)(=O)N[C@H]1CCCOc2c(F)cccc21. The van der Waals surface area contributed by atoms with Crippen LogP contribution in [0.3, 0.4) is 0 Å². The minimum absolute atomic E-state index is 0.0734. The zero-order chi connectivity index (χ0) is 17.2. The highest BCUT2D eigenvalue weighted by Gasteiger charge is 2.33. The molecule has 0 saturated carbocycles. The lowest BCUT2D eigenvalue weighted by Crippen LogP contribution is -2.44. The summed E-state index contributed by atoms with van der Waals surface area (Å²) in [7, 11) is -0.898. The van der Waals surface area contributed by atoms with Gasteiger partial charge in [-0.1, -0.05) is 12.1 Å². The highest BCUT2D eigenvalue weighted by Crippen LogP contribution is 2.34. The molecule has 1 heterocycles. The van der Waals surface area contributed by atoms with E-state index in [4.69, 9.17) is 4.74 Å². The summed E-state index contributed by atoms with van der Waals surface area (Å²) in [6.07, 6.45) is 1.05. The number of amides is 1. The maximum Gasteiger partial charge on any atom is 0.241 e. The van der Waals surface area contributed by atoms with Gasteiger partial charge in [0.25, 0.3) is 0 Å². The molecule has 0 aliphatic carbocycles. The number of nitrogens with one attached hydrogen (secondary N) is 1. The predicted molar refractivity (Wildman–Crippen MR) is 84.1 cm³/mol. The molecule has 0 unspecified atom stereocenters. The molecule has 2 atom stereocenters. The fourth-order valence-electron chi connectivity index (χ4n) is 2.49. The Morgan fingerprint density at radius 2 is 2.13 bits per heavy atom. The molecule has 1 aliphatic rings. The first kappa shape index (κ1) is 17.7. The molecule has 0 bridgehead atoms. The van der Waals surface area contributed by atoms with Crippen LogP contribution in [0.1, 0.15) is 31.4 Å². The van der Waals surface area contributed by atoms with E-state index in [0.29, 0.717) is 25.0 Å². The van der Waals surface area contributed by atoms with E-state index in [-0.39, 0.29) is 5.75 Å². The lowest BCUT2D eigenvalue weighted by Gasteiger charge is -2.22. The summed E-state index contributed by atoms with van der Waals surface area (Å²) in [6.45, 7) is 1.66. The fourth-order valence-corrected chi connectivity index (χ4v) is 3.81. The molecule has 0 saturated heterocycles. The van der Waals surface area contributed by atoms with Gasteiger partial charge in [0.1, 0.15) is 0 Å². The maximum atomic E-state index is 13.9. The molecule has 1 N–H and O–H groups in total. The second-order valence-electron chi connectivity index (χ2n) is 5.74. The van der Waals surface area contributed by atoms with Crippen molar-refractivity contribution < 1.29 is 22.3 Å². The van der Waals surface area contributed by atoms with Crippen molar-refractivity contribution in [2.24, 2.45) is 0 Å². The van der Waals surface area contributed by atoms with Crippen LogP contribution >= 0.6 is 0 Å². The minimum Gasteiger partial charge on any atom is -0.490 e. The first-order valence-electron chi connectivity index (χ1n) is 7.37. The topological polar surface area (TPSA) is 75.7 Å². The summed E-state index contributed by atoms with van der Waals surface area (Å²) in [4.78, 5) is 13.2. The first-order valence-corrected chi connectivity index (χ1v) is 8.92. The zero-order valence-corrected chi connectivity index (χ0v) is 14.2. The van der Waals surface area contributed by atoms with Crippen molar-refractivity contribution in [3.8, 4) is 5.75 Å². The predicted octanol–water partition coefficient (Wildman–Crippen LogP) is 1.44. The number of hydrogen-bond donors (Lipinski definition) is 1. The highest BCUT2D eigenvalue weighted by atomic mass is 32.2. The number of para-hydroxylation sites is 1. The number of carbonyl (C=O) groups excluding carboxylic acids is 1. The van der Waals surface area contributed by atoms with Gasteiger partial charge < -0.3 is 9.64 Å². The van der Waals surface area contributed by atoms with Gasteiger partial charge in [0.05, 0.1) is 12.6 Å². The van der Waals surface area contributed by atoms with Gasteiger partial charge in [-0.2, -0.15) is 0 Å². The Morgan fingerprint density at radius 3 is 2.78 bits per heavy atom. The van der Waals surface area contributed by atoms with E-state index in [9.17, 15) is 17.6 Å². The number of hydrogen-bond acceptors (Lipinski definition) is 4. The lowest BCUT2D eigenvalue weighted by atomic mass is 10.0. The Balaban J connectivity index is 2.30. The van der Waals surface area contributed by atoms with Gasteiger partial charge >= 0.3 is 0 Å². The minimum atomic E-state index is -3.90. The number of benzene rings is 1. The van der Waals surface area contributed by atoms with Crippen LogP contribution < -0.4 is 9.46 Å². The van der Waals surface area contributed by atoms with E-state index in [1.54, 1.807) is 6.07 Å². The van der Waals surface area contributed by atoms with Crippen LogP contribution in [0.15, 0.2) is 18.2 Å². The van der Waals surface area contributed by atoms with Crippen molar-refractivity contribution in [3.63, 3.8) is 0 Å². The molecular formula is C15H21FN2O4S.